The fourth-order valence-corrected chi connectivity index (χ4v) is 3.41. The van der Waals surface area contributed by atoms with Crippen LogP contribution in [0.5, 0.6) is 0 Å². The van der Waals surface area contributed by atoms with Gasteiger partial charge in [-0.05, 0) is 37.8 Å². The number of rotatable bonds is 0. The van der Waals surface area contributed by atoms with E-state index in [2.05, 4.69) is 5.32 Å². The number of anilines is 1. The van der Waals surface area contributed by atoms with Crippen LogP contribution in [-0.4, -0.2) is 11.8 Å². The Morgan fingerprint density at radius 2 is 1.74 bits per heavy atom. The van der Waals surface area contributed by atoms with Crippen LogP contribution in [-0.2, 0) is 10.2 Å². The van der Waals surface area contributed by atoms with Crippen molar-refractivity contribution in [1.82, 2.24) is 0 Å². The van der Waals surface area contributed by atoms with Gasteiger partial charge in [-0.3, -0.25) is 4.79 Å². The highest BCUT2D eigenvalue weighted by atomic mass is 19.3. The number of benzene rings is 1. The average molecular weight is 265 g/mol. The second-order valence-corrected chi connectivity index (χ2v) is 5.90. The van der Waals surface area contributed by atoms with Crippen molar-refractivity contribution in [3.05, 3.63) is 28.8 Å². The first-order valence-electron chi connectivity index (χ1n) is 6.65. The number of aryl methyl sites for hydroxylation is 2. The van der Waals surface area contributed by atoms with Gasteiger partial charge in [0.2, 0.25) is 11.8 Å². The van der Waals surface area contributed by atoms with Crippen molar-refractivity contribution in [1.29, 1.82) is 0 Å². The maximum atomic E-state index is 13.4. The van der Waals surface area contributed by atoms with Gasteiger partial charge >= 0.3 is 0 Å². The lowest BCUT2D eigenvalue weighted by Gasteiger charge is -2.35. The van der Waals surface area contributed by atoms with Crippen molar-refractivity contribution in [2.24, 2.45) is 0 Å². The van der Waals surface area contributed by atoms with E-state index in [4.69, 9.17) is 0 Å². The van der Waals surface area contributed by atoms with Gasteiger partial charge in [0.15, 0.2) is 0 Å². The van der Waals surface area contributed by atoms with Crippen molar-refractivity contribution in [3.63, 3.8) is 0 Å². The Morgan fingerprint density at radius 3 is 2.37 bits per heavy atom. The molecule has 1 N–H and O–H groups in total. The normalized spacial score (nSPS) is 23.3. The molecule has 1 aromatic rings. The van der Waals surface area contributed by atoms with Crippen molar-refractivity contribution in [2.75, 3.05) is 5.32 Å². The zero-order chi connectivity index (χ0) is 13.8. The third kappa shape index (κ3) is 1.77. The van der Waals surface area contributed by atoms with Gasteiger partial charge in [0.1, 0.15) is 0 Å². The maximum Gasteiger partial charge on any atom is 0.248 e. The van der Waals surface area contributed by atoms with E-state index in [9.17, 15) is 13.6 Å². The minimum Gasteiger partial charge on any atom is -0.325 e. The monoisotopic (exact) mass is 265 g/mol. The Morgan fingerprint density at radius 1 is 1.11 bits per heavy atom. The SMILES string of the molecule is Cc1cc(C)c2c(c1)C1(CCC(F)(F)CC1)C(=O)N2. The van der Waals surface area contributed by atoms with Crippen LogP contribution in [0.3, 0.4) is 0 Å². The molecule has 102 valence electrons. The van der Waals surface area contributed by atoms with E-state index < -0.39 is 11.3 Å². The summed E-state index contributed by atoms with van der Waals surface area (Å²) < 4.78 is 26.7. The van der Waals surface area contributed by atoms with Crippen LogP contribution in [0, 0.1) is 13.8 Å². The molecule has 1 fully saturated rings. The number of amides is 1. The standard InChI is InChI=1S/C15H17F2NO/c1-9-7-10(2)12-11(8-9)14(13(19)18-12)3-5-15(16,17)6-4-14/h7-8H,3-6H2,1-2H3,(H,18,19). The molecule has 0 bridgehead atoms. The van der Waals surface area contributed by atoms with E-state index in [-0.39, 0.29) is 31.6 Å². The third-order valence-electron chi connectivity index (χ3n) is 4.50. The minimum atomic E-state index is -2.62. The van der Waals surface area contributed by atoms with Gasteiger partial charge in [0.05, 0.1) is 5.41 Å². The molecule has 1 aromatic carbocycles. The second kappa shape index (κ2) is 3.78. The van der Waals surface area contributed by atoms with Gasteiger partial charge in [-0.15, -0.1) is 0 Å². The lowest BCUT2D eigenvalue weighted by Crippen LogP contribution is -2.41. The molecule has 1 heterocycles. The van der Waals surface area contributed by atoms with Crippen LogP contribution in [0.2, 0.25) is 0 Å². The predicted octanol–water partition coefficient (Wildman–Crippen LogP) is 3.70. The molecule has 3 rings (SSSR count). The zero-order valence-electron chi connectivity index (χ0n) is 11.1. The molecule has 0 saturated heterocycles. The molecule has 0 radical (unpaired) electrons. The van der Waals surface area contributed by atoms with Gasteiger partial charge in [0.25, 0.3) is 0 Å². The highest BCUT2D eigenvalue weighted by molar-refractivity contribution is 6.07. The van der Waals surface area contributed by atoms with Crippen LogP contribution >= 0.6 is 0 Å². The summed E-state index contributed by atoms with van der Waals surface area (Å²) in [7, 11) is 0. The maximum absolute atomic E-state index is 13.4. The average Bonchev–Trinajstić information content (AvgIpc) is 2.58. The summed E-state index contributed by atoms with van der Waals surface area (Å²) in [5.41, 5.74) is 3.11. The van der Waals surface area contributed by atoms with Gasteiger partial charge in [-0.25, -0.2) is 8.78 Å². The summed E-state index contributed by atoms with van der Waals surface area (Å²) in [5.74, 6) is -2.72. The number of hydrogen-bond donors (Lipinski definition) is 1. The number of hydrogen-bond acceptors (Lipinski definition) is 1. The summed E-state index contributed by atoms with van der Waals surface area (Å²) in [6, 6.07) is 3.99. The Kier molecular flexibility index (Phi) is 2.50. The van der Waals surface area contributed by atoms with Gasteiger partial charge in [-0.2, -0.15) is 0 Å². The molecular formula is C15H17F2NO. The molecule has 1 aliphatic carbocycles. The van der Waals surface area contributed by atoms with E-state index in [1.807, 2.05) is 26.0 Å². The van der Waals surface area contributed by atoms with E-state index in [1.165, 1.54) is 0 Å². The fourth-order valence-electron chi connectivity index (χ4n) is 3.41. The van der Waals surface area contributed by atoms with Crippen LogP contribution < -0.4 is 5.32 Å². The summed E-state index contributed by atoms with van der Waals surface area (Å²) >= 11 is 0. The van der Waals surface area contributed by atoms with Crippen molar-refractivity contribution in [2.45, 2.75) is 50.9 Å². The smallest absolute Gasteiger partial charge is 0.248 e. The Labute approximate surface area is 111 Å². The summed E-state index contributed by atoms with van der Waals surface area (Å²) in [6.07, 6.45) is 0.0726. The summed E-state index contributed by atoms with van der Waals surface area (Å²) in [5, 5.41) is 2.90. The molecule has 0 atom stereocenters. The van der Waals surface area contributed by atoms with Crippen molar-refractivity contribution >= 4 is 11.6 Å². The zero-order valence-corrected chi connectivity index (χ0v) is 11.1. The number of fused-ring (bicyclic) bond motifs is 2. The number of carbonyl (C=O) groups is 1. The molecule has 0 aromatic heterocycles. The molecular weight excluding hydrogens is 248 g/mol. The molecule has 1 aliphatic heterocycles. The van der Waals surface area contributed by atoms with E-state index >= 15 is 0 Å². The molecule has 4 heteroatoms. The Hall–Kier alpha value is -1.45. The van der Waals surface area contributed by atoms with Crippen LogP contribution in [0.15, 0.2) is 12.1 Å². The highest BCUT2D eigenvalue weighted by Gasteiger charge is 2.52. The minimum absolute atomic E-state index is 0.105. The molecule has 1 amide bonds. The molecule has 2 aliphatic rings. The number of halogens is 2. The predicted molar refractivity (Wildman–Crippen MR) is 69.6 cm³/mol. The van der Waals surface area contributed by atoms with Crippen molar-refractivity contribution in [3.8, 4) is 0 Å². The number of alkyl halides is 2. The largest absolute Gasteiger partial charge is 0.325 e. The first kappa shape index (κ1) is 12.6. The third-order valence-corrected chi connectivity index (χ3v) is 4.50. The first-order chi connectivity index (χ1) is 8.84. The van der Waals surface area contributed by atoms with E-state index in [0.717, 1.165) is 22.4 Å². The topological polar surface area (TPSA) is 29.1 Å². The number of carbonyl (C=O) groups excluding carboxylic acids is 1. The summed E-state index contributed by atoms with van der Waals surface area (Å²) in [4.78, 5) is 12.3. The van der Waals surface area contributed by atoms with Gasteiger partial charge < -0.3 is 5.32 Å². The summed E-state index contributed by atoms with van der Waals surface area (Å²) in [6.45, 7) is 3.92. The van der Waals surface area contributed by atoms with E-state index in [1.54, 1.807) is 0 Å². The first-order valence-corrected chi connectivity index (χ1v) is 6.65. The molecule has 2 nitrogen and oxygen atoms in total. The molecule has 19 heavy (non-hydrogen) atoms. The quantitative estimate of drug-likeness (QED) is 0.761. The van der Waals surface area contributed by atoms with Crippen LogP contribution in [0.4, 0.5) is 14.5 Å². The van der Waals surface area contributed by atoms with Gasteiger partial charge in [-0.1, -0.05) is 17.7 Å². The highest BCUT2D eigenvalue weighted by Crippen LogP contribution is 2.51. The Bertz CT molecular complexity index is 556. The van der Waals surface area contributed by atoms with Crippen molar-refractivity contribution < 1.29 is 13.6 Å². The van der Waals surface area contributed by atoms with Gasteiger partial charge in [0, 0.05) is 18.5 Å². The molecule has 1 saturated carbocycles. The van der Waals surface area contributed by atoms with Crippen LogP contribution in [0.1, 0.15) is 42.4 Å². The number of nitrogens with one attached hydrogen (secondary N) is 1. The van der Waals surface area contributed by atoms with Crippen LogP contribution in [0.25, 0.3) is 0 Å². The molecule has 1 spiro atoms. The lowest BCUT2D eigenvalue weighted by atomic mass is 9.69. The second-order valence-electron chi connectivity index (χ2n) is 5.90. The molecule has 0 unspecified atom stereocenters. The fraction of sp³-hybridized carbons (Fsp3) is 0.533. The Balaban J connectivity index is 2.08. The lowest BCUT2D eigenvalue weighted by molar-refractivity contribution is -0.125. The van der Waals surface area contributed by atoms with E-state index in [0.29, 0.717) is 0 Å².